The van der Waals surface area contributed by atoms with E-state index in [4.69, 9.17) is 10.5 Å². The summed E-state index contributed by atoms with van der Waals surface area (Å²) >= 11 is 0. The van der Waals surface area contributed by atoms with Crippen molar-refractivity contribution in [2.75, 3.05) is 19.4 Å². The van der Waals surface area contributed by atoms with E-state index >= 15 is 0 Å². The molecule has 1 aromatic heterocycles. The Kier molecular flexibility index (Phi) is 5.20. The molecule has 30 heavy (non-hydrogen) atoms. The number of nitrogens with one attached hydrogen (secondary N) is 1. The molecule has 0 fully saturated rings. The molecule has 2 heterocycles. The topological polar surface area (TPSA) is 127 Å². The van der Waals surface area contributed by atoms with Gasteiger partial charge in [-0.2, -0.15) is 0 Å². The molecule has 0 aliphatic carbocycles. The van der Waals surface area contributed by atoms with Crippen LogP contribution in [0.25, 0.3) is 11.4 Å². The summed E-state index contributed by atoms with van der Waals surface area (Å²) in [6.45, 7) is 1.62. The summed E-state index contributed by atoms with van der Waals surface area (Å²) in [6, 6.07) is 12.1. The molecule has 1 aliphatic heterocycles. The van der Waals surface area contributed by atoms with Crippen LogP contribution in [-0.2, 0) is 19.5 Å². The molecular formula is C21H21N5O4. The number of anilines is 1. The molecule has 3 N–H and O–H groups in total. The fraction of sp³-hybridized carbons (Fsp3) is 0.238. The first-order valence-electron chi connectivity index (χ1n) is 9.46. The lowest BCUT2D eigenvalue weighted by atomic mass is 10.0. The first kappa shape index (κ1) is 19.6. The maximum absolute atomic E-state index is 12.7. The number of nitro groups is 1. The number of hydrogen-bond acceptors (Lipinski definition) is 7. The summed E-state index contributed by atoms with van der Waals surface area (Å²) in [5.74, 6) is 0.751. The van der Waals surface area contributed by atoms with Gasteiger partial charge in [0.2, 0.25) is 0 Å². The minimum atomic E-state index is -0.457. The number of nitro benzene ring substituents is 1. The predicted octanol–water partition coefficient (Wildman–Crippen LogP) is 2.49. The minimum Gasteiger partial charge on any atom is -0.490 e. The van der Waals surface area contributed by atoms with E-state index in [1.807, 2.05) is 12.1 Å². The minimum absolute atomic E-state index is 0.0694. The third-order valence-electron chi connectivity index (χ3n) is 5.18. The van der Waals surface area contributed by atoms with E-state index < -0.39 is 4.92 Å². The molecule has 0 atom stereocenters. The summed E-state index contributed by atoms with van der Waals surface area (Å²) < 4.78 is 5.05. The van der Waals surface area contributed by atoms with Crippen molar-refractivity contribution in [1.82, 2.24) is 14.9 Å². The molecule has 0 spiro atoms. The van der Waals surface area contributed by atoms with Gasteiger partial charge in [0.1, 0.15) is 5.82 Å². The number of nitrogens with zero attached hydrogens (tertiary/aromatic N) is 3. The Morgan fingerprint density at radius 1 is 1.27 bits per heavy atom. The van der Waals surface area contributed by atoms with E-state index in [1.165, 1.54) is 13.2 Å². The Hall–Kier alpha value is -3.72. The third-order valence-corrected chi connectivity index (χ3v) is 5.18. The van der Waals surface area contributed by atoms with Gasteiger partial charge in [-0.3, -0.25) is 19.8 Å². The van der Waals surface area contributed by atoms with Gasteiger partial charge in [0.15, 0.2) is 5.75 Å². The second-order valence-electron chi connectivity index (χ2n) is 7.19. The van der Waals surface area contributed by atoms with Crippen LogP contribution in [0.4, 0.5) is 11.4 Å². The van der Waals surface area contributed by atoms with Gasteiger partial charge in [0.05, 0.1) is 23.3 Å². The van der Waals surface area contributed by atoms with Crippen molar-refractivity contribution >= 4 is 11.4 Å². The Bertz CT molecular complexity index is 1160. The van der Waals surface area contributed by atoms with Gasteiger partial charge in [-0.05, 0) is 35.9 Å². The van der Waals surface area contributed by atoms with Crippen molar-refractivity contribution in [3.8, 4) is 17.1 Å². The van der Waals surface area contributed by atoms with Gasteiger partial charge in [-0.1, -0.05) is 6.07 Å². The van der Waals surface area contributed by atoms with Gasteiger partial charge in [0, 0.05) is 43.4 Å². The number of ether oxygens (including phenoxy) is 1. The van der Waals surface area contributed by atoms with Crippen LogP contribution < -0.4 is 16.0 Å². The number of H-pyrrole nitrogens is 1. The van der Waals surface area contributed by atoms with Crippen molar-refractivity contribution in [2.24, 2.45) is 0 Å². The van der Waals surface area contributed by atoms with Crippen LogP contribution in [0.2, 0.25) is 0 Å². The monoisotopic (exact) mass is 407 g/mol. The largest absolute Gasteiger partial charge is 0.490 e. The number of nitrogens with two attached hydrogens (primary N) is 1. The normalized spacial score (nSPS) is 13.6. The zero-order valence-corrected chi connectivity index (χ0v) is 16.4. The maximum Gasteiger partial charge on any atom is 0.311 e. The number of benzene rings is 2. The second-order valence-corrected chi connectivity index (χ2v) is 7.19. The Morgan fingerprint density at radius 2 is 2.03 bits per heavy atom. The van der Waals surface area contributed by atoms with E-state index in [-0.39, 0.29) is 17.0 Å². The summed E-state index contributed by atoms with van der Waals surface area (Å²) in [5.41, 5.74) is 9.13. The van der Waals surface area contributed by atoms with Crippen molar-refractivity contribution in [3.63, 3.8) is 0 Å². The van der Waals surface area contributed by atoms with Crippen molar-refractivity contribution in [3.05, 3.63) is 79.8 Å². The molecule has 0 amide bonds. The van der Waals surface area contributed by atoms with E-state index in [0.717, 1.165) is 16.8 Å². The molecular weight excluding hydrogens is 386 g/mol. The summed E-state index contributed by atoms with van der Waals surface area (Å²) in [4.78, 5) is 33.1. The molecule has 0 bridgehead atoms. The van der Waals surface area contributed by atoms with Gasteiger partial charge < -0.3 is 15.5 Å². The first-order chi connectivity index (χ1) is 14.4. The van der Waals surface area contributed by atoms with Crippen molar-refractivity contribution in [1.29, 1.82) is 0 Å². The van der Waals surface area contributed by atoms with Crippen molar-refractivity contribution in [2.45, 2.75) is 19.5 Å². The molecule has 0 unspecified atom stereocenters. The summed E-state index contributed by atoms with van der Waals surface area (Å²) in [5, 5.41) is 11.3. The van der Waals surface area contributed by atoms with Crippen LogP contribution in [-0.4, -0.2) is 33.4 Å². The van der Waals surface area contributed by atoms with Gasteiger partial charge in [0.25, 0.3) is 5.56 Å². The highest BCUT2D eigenvalue weighted by Gasteiger charge is 2.23. The lowest BCUT2D eigenvalue weighted by Gasteiger charge is -2.27. The number of fused-ring (bicyclic) bond motifs is 1. The third kappa shape index (κ3) is 3.87. The lowest BCUT2D eigenvalue weighted by molar-refractivity contribution is -0.385. The van der Waals surface area contributed by atoms with Crippen LogP contribution in [0.15, 0.2) is 47.3 Å². The molecule has 3 aromatic rings. The number of rotatable bonds is 5. The summed E-state index contributed by atoms with van der Waals surface area (Å²) in [7, 11) is 1.40. The smallest absolute Gasteiger partial charge is 0.311 e. The van der Waals surface area contributed by atoms with Crippen LogP contribution in [0.3, 0.4) is 0 Å². The highest BCUT2D eigenvalue weighted by atomic mass is 16.6. The lowest BCUT2D eigenvalue weighted by Crippen LogP contribution is -2.35. The standard InChI is InChI=1S/C21H21N5O4/c1-30-19-7-2-13(10-18(19)26(28)29)11-25-9-8-17-16(12-25)21(27)24-20(23-17)14-3-5-15(22)6-4-14/h2-7,10H,8-9,11-12,22H2,1H3,(H,23,24,27). The number of methoxy groups -OCH3 is 1. The van der Waals surface area contributed by atoms with E-state index in [1.54, 1.807) is 24.3 Å². The van der Waals surface area contributed by atoms with E-state index in [9.17, 15) is 14.9 Å². The number of hydrogen-bond donors (Lipinski definition) is 2. The van der Waals surface area contributed by atoms with Gasteiger partial charge >= 0.3 is 5.69 Å². The number of nitrogen functional groups attached to an aromatic ring is 1. The zero-order valence-electron chi connectivity index (χ0n) is 16.4. The summed E-state index contributed by atoms with van der Waals surface area (Å²) in [6.07, 6.45) is 0.624. The van der Waals surface area contributed by atoms with Gasteiger partial charge in [-0.25, -0.2) is 4.98 Å². The SMILES string of the molecule is COc1ccc(CN2CCc3nc(-c4ccc(N)cc4)[nH]c(=O)c3C2)cc1[N+](=O)[O-]. The average Bonchev–Trinajstić information content (AvgIpc) is 2.74. The fourth-order valence-corrected chi connectivity index (χ4v) is 3.63. The molecule has 0 radical (unpaired) electrons. The quantitative estimate of drug-likeness (QED) is 0.378. The highest BCUT2D eigenvalue weighted by Crippen LogP contribution is 2.28. The van der Waals surface area contributed by atoms with Crippen LogP contribution in [0.5, 0.6) is 5.75 Å². The van der Waals surface area contributed by atoms with Crippen LogP contribution in [0.1, 0.15) is 16.8 Å². The maximum atomic E-state index is 12.7. The molecule has 154 valence electrons. The molecule has 1 aliphatic rings. The Labute approximate surface area is 172 Å². The Balaban J connectivity index is 1.56. The van der Waals surface area contributed by atoms with Crippen LogP contribution >= 0.6 is 0 Å². The molecule has 9 heteroatoms. The molecule has 0 saturated heterocycles. The second kappa shape index (κ2) is 7.96. The van der Waals surface area contributed by atoms with Crippen molar-refractivity contribution < 1.29 is 9.66 Å². The Morgan fingerprint density at radius 3 is 2.73 bits per heavy atom. The van der Waals surface area contributed by atoms with Gasteiger partial charge in [-0.15, -0.1) is 0 Å². The predicted molar refractivity (Wildman–Crippen MR) is 112 cm³/mol. The van der Waals surface area contributed by atoms with E-state index in [2.05, 4.69) is 14.9 Å². The first-order valence-corrected chi connectivity index (χ1v) is 9.46. The van der Waals surface area contributed by atoms with E-state index in [0.29, 0.717) is 43.1 Å². The number of aromatic nitrogens is 2. The molecule has 0 saturated carbocycles. The fourth-order valence-electron chi connectivity index (χ4n) is 3.63. The average molecular weight is 407 g/mol. The zero-order chi connectivity index (χ0) is 21.3. The molecule has 4 rings (SSSR count). The highest BCUT2D eigenvalue weighted by molar-refractivity contribution is 5.58. The molecule has 2 aromatic carbocycles. The molecule has 9 nitrogen and oxygen atoms in total. The number of aromatic amines is 1. The van der Waals surface area contributed by atoms with Crippen LogP contribution in [0, 0.1) is 10.1 Å².